The molecule has 6 nitrogen and oxygen atoms in total. The molecule has 0 saturated heterocycles. The van der Waals surface area contributed by atoms with Gasteiger partial charge >= 0.3 is 0 Å². The molecule has 1 amide bonds. The summed E-state index contributed by atoms with van der Waals surface area (Å²) in [5.41, 5.74) is 1.33. The summed E-state index contributed by atoms with van der Waals surface area (Å²) in [5, 5.41) is 6.08. The molecule has 0 saturated carbocycles. The van der Waals surface area contributed by atoms with Crippen molar-refractivity contribution >= 4 is 11.6 Å². The number of anilines is 1. The predicted molar refractivity (Wildman–Crippen MR) is 80.1 cm³/mol. The van der Waals surface area contributed by atoms with Gasteiger partial charge in [-0.2, -0.15) is 0 Å². The van der Waals surface area contributed by atoms with Gasteiger partial charge < -0.3 is 20.3 Å². The van der Waals surface area contributed by atoms with Crippen molar-refractivity contribution in [3.8, 4) is 0 Å². The molecule has 0 radical (unpaired) electrons. The number of carbonyl (C=O) groups is 1. The van der Waals surface area contributed by atoms with E-state index in [0.29, 0.717) is 12.2 Å². The standard InChI is InChI=1S/C14H24N4O2/c1-18(2)9-8-17-14(19)13-11-12(5-7-16-13)15-6-4-10-20-3/h5,7,11H,4,6,8-10H2,1-3H3,(H,15,16)(H,17,19). The number of nitrogens with zero attached hydrogens (tertiary/aromatic N) is 2. The fourth-order valence-corrected chi connectivity index (χ4v) is 1.60. The molecule has 0 aliphatic rings. The zero-order valence-corrected chi connectivity index (χ0v) is 12.5. The molecule has 0 fully saturated rings. The molecule has 0 atom stereocenters. The van der Waals surface area contributed by atoms with Crippen molar-refractivity contribution in [2.24, 2.45) is 0 Å². The third-order valence-electron chi connectivity index (χ3n) is 2.69. The molecule has 1 aromatic heterocycles. The van der Waals surface area contributed by atoms with Crippen molar-refractivity contribution in [3.63, 3.8) is 0 Å². The molecule has 1 rings (SSSR count). The molecule has 0 aliphatic heterocycles. The Morgan fingerprint density at radius 3 is 2.90 bits per heavy atom. The van der Waals surface area contributed by atoms with Gasteiger partial charge in [-0.3, -0.25) is 9.78 Å². The summed E-state index contributed by atoms with van der Waals surface area (Å²) < 4.78 is 4.98. The summed E-state index contributed by atoms with van der Waals surface area (Å²) >= 11 is 0. The van der Waals surface area contributed by atoms with Crippen molar-refractivity contribution in [2.75, 3.05) is 52.8 Å². The fourth-order valence-electron chi connectivity index (χ4n) is 1.60. The van der Waals surface area contributed by atoms with E-state index in [2.05, 4.69) is 15.6 Å². The van der Waals surface area contributed by atoms with E-state index in [-0.39, 0.29) is 5.91 Å². The lowest BCUT2D eigenvalue weighted by Gasteiger charge is -2.11. The molecule has 0 aromatic carbocycles. The zero-order valence-electron chi connectivity index (χ0n) is 12.5. The van der Waals surface area contributed by atoms with Gasteiger partial charge in [-0.15, -0.1) is 0 Å². The number of hydrogen-bond acceptors (Lipinski definition) is 5. The zero-order chi connectivity index (χ0) is 14.8. The van der Waals surface area contributed by atoms with Gasteiger partial charge in [0.05, 0.1) is 0 Å². The second-order valence-corrected chi connectivity index (χ2v) is 4.76. The molecule has 20 heavy (non-hydrogen) atoms. The third-order valence-corrected chi connectivity index (χ3v) is 2.69. The Morgan fingerprint density at radius 1 is 1.40 bits per heavy atom. The Balaban J connectivity index is 2.43. The van der Waals surface area contributed by atoms with Crippen LogP contribution >= 0.6 is 0 Å². The van der Waals surface area contributed by atoms with Crippen molar-refractivity contribution in [2.45, 2.75) is 6.42 Å². The van der Waals surface area contributed by atoms with E-state index in [1.807, 2.05) is 25.1 Å². The van der Waals surface area contributed by atoms with Crippen molar-refractivity contribution in [3.05, 3.63) is 24.0 Å². The monoisotopic (exact) mass is 280 g/mol. The number of methoxy groups -OCH3 is 1. The van der Waals surface area contributed by atoms with E-state index in [9.17, 15) is 4.79 Å². The van der Waals surface area contributed by atoms with Gasteiger partial charge in [0.25, 0.3) is 5.91 Å². The number of hydrogen-bond donors (Lipinski definition) is 2. The topological polar surface area (TPSA) is 66.5 Å². The summed E-state index contributed by atoms with van der Waals surface area (Å²) in [6, 6.07) is 3.61. The smallest absolute Gasteiger partial charge is 0.269 e. The highest BCUT2D eigenvalue weighted by Crippen LogP contribution is 2.07. The molecular weight excluding hydrogens is 256 g/mol. The van der Waals surface area contributed by atoms with Crippen molar-refractivity contribution in [1.29, 1.82) is 0 Å². The Morgan fingerprint density at radius 2 is 2.20 bits per heavy atom. The number of pyridine rings is 1. The van der Waals surface area contributed by atoms with Crippen LogP contribution in [0.25, 0.3) is 0 Å². The van der Waals surface area contributed by atoms with Crippen LogP contribution in [0.1, 0.15) is 16.9 Å². The molecular formula is C14H24N4O2. The van der Waals surface area contributed by atoms with Crippen LogP contribution in [0, 0.1) is 0 Å². The Hall–Kier alpha value is -1.66. The minimum absolute atomic E-state index is 0.146. The second kappa shape index (κ2) is 9.28. The quantitative estimate of drug-likeness (QED) is 0.656. The Labute approximate surface area is 120 Å². The highest BCUT2D eigenvalue weighted by molar-refractivity contribution is 5.93. The van der Waals surface area contributed by atoms with Gasteiger partial charge in [0.1, 0.15) is 5.69 Å². The summed E-state index contributed by atoms with van der Waals surface area (Å²) in [6.45, 7) is 2.94. The minimum Gasteiger partial charge on any atom is -0.385 e. The third kappa shape index (κ3) is 6.49. The largest absolute Gasteiger partial charge is 0.385 e. The molecule has 0 spiro atoms. The number of likely N-dealkylation sites (N-methyl/N-ethyl adjacent to an activating group) is 1. The molecule has 6 heteroatoms. The van der Waals surface area contributed by atoms with Gasteiger partial charge in [-0.1, -0.05) is 0 Å². The average Bonchev–Trinajstić information content (AvgIpc) is 2.43. The van der Waals surface area contributed by atoms with Crippen LogP contribution in [0.2, 0.25) is 0 Å². The van der Waals surface area contributed by atoms with Crippen LogP contribution in [0.15, 0.2) is 18.3 Å². The summed E-state index contributed by atoms with van der Waals surface area (Å²) in [4.78, 5) is 18.0. The molecule has 2 N–H and O–H groups in total. The first-order valence-corrected chi connectivity index (χ1v) is 6.75. The van der Waals surface area contributed by atoms with Crippen LogP contribution in [0.3, 0.4) is 0 Å². The lowest BCUT2D eigenvalue weighted by molar-refractivity contribution is 0.0946. The molecule has 112 valence electrons. The van der Waals surface area contributed by atoms with E-state index >= 15 is 0 Å². The van der Waals surface area contributed by atoms with E-state index in [1.165, 1.54) is 0 Å². The van der Waals surface area contributed by atoms with Crippen LogP contribution in [-0.4, -0.2) is 63.2 Å². The maximum absolute atomic E-state index is 11.9. The van der Waals surface area contributed by atoms with E-state index < -0.39 is 0 Å². The maximum Gasteiger partial charge on any atom is 0.269 e. The second-order valence-electron chi connectivity index (χ2n) is 4.76. The Bertz CT molecular complexity index is 410. The Kier molecular flexibility index (Phi) is 7.60. The van der Waals surface area contributed by atoms with E-state index in [0.717, 1.165) is 31.8 Å². The van der Waals surface area contributed by atoms with Gasteiger partial charge in [-0.25, -0.2) is 0 Å². The van der Waals surface area contributed by atoms with Crippen molar-refractivity contribution < 1.29 is 9.53 Å². The molecule has 0 bridgehead atoms. The van der Waals surface area contributed by atoms with Gasteiger partial charge in [0.2, 0.25) is 0 Å². The van der Waals surface area contributed by atoms with Crippen molar-refractivity contribution in [1.82, 2.24) is 15.2 Å². The minimum atomic E-state index is -0.146. The van der Waals surface area contributed by atoms with Gasteiger partial charge in [0, 0.05) is 45.2 Å². The van der Waals surface area contributed by atoms with E-state index in [1.54, 1.807) is 19.4 Å². The SMILES string of the molecule is COCCCNc1ccnc(C(=O)NCCN(C)C)c1. The van der Waals surface area contributed by atoms with Gasteiger partial charge in [-0.05, 0) is 32.6 Å². The van der Waals surface area contributed by atoms with Crippen LogP contribution in [0.4, 0.5) is 5.69 Å². The number of ether oxygens (including phenoxy) is 1. The first-order chi connectivity index (χ1) is 9.63. The van der Waals surface area contributed by atoms with Gasteiger partial charge in [0.15, 0.2) is 0 Å². The lowest BCUT2D eigenvalue weighted by atomic mass is 10.3. The summed E-state index contributed by atoms with van der Waals surface area (Å²) in [5.74, 6) is -0.146. The number of carbonyl (C=O) groups excluding carboxylic acids is 1. The summed E-state index contributed by atoms with van der Waals surface area (Å²) in [6.07, 6.45) is 2.56. The number of rotatable bonds is 9. The summed E-state index contributed by atoms with van der Waals surface area (Å²) in [7, 11) is 5.62. The normalized spacial score (nSPS) is 10.6. The first kappa shape index (κ1) is 16.4. The first-order valence-electron chi connectivity index (χ1n) is 6.75. The maximum atomic E-state index is 11.9. The molecule has 0 unspecified atom stereocenters. The molecule has 1 heterocycles. The average molecular weight is 280 g/mol. The molecule has 0 aliphatic carbocycles. The number of nitrogens with one attached hydrogen (secondary N) is 2. The lowest BCUT2D eigenvalue weighted by Crippen LogP contribution is -2.31. The number of amides is 1. The number of aromatic nitrogens is 1. The van der Waals surface area contributed by atoms with Crippen LogP contribution < -0.4 is 10.6 Å². The van der Waals surface area contributed by atoms with Crippen LogP contribution in [-0.2, 0) is 4.74 Å². The fraction of sp³-hybridized carbons (Fsp3) is 0.571. The van der Waals surface area contributed by atoms with E-state index in [4.69, 9.17) is 4.74 Å². The highest BCUT2D eigenvalue weighted by atomic mass is 16.5. The van der Waals surface area contributed by atoms with Crippen LogP contribution in [0.5, 0.6) is 0 Å². The predicted octanol–water partition coefficient (Wildman–Crippen LogP) is 0.821. The molecule has 1 aromatic rings. The highest BCUT2D eigenvalue weighted by Gasteiger charge is 2.07.